The number of aryl methyl sites for hydroxylation is 1. The van der Waals surface area contributed by atoms with Gasteiger partial charge in [0, 0.05) is 10.0 Å². The fraction of sp³-hybridized carbons (Fsp3) is 0.294. The second-order valence-electron chi connectivity index (χ2n) is 5.23. The molecule has 20 heavy (non-hydrogen) atoms. The van der Waals surface area contributed by atoms with E-state index in [0.29, 0.717) is 12.5 Å². The summed E-state index contributed by atoms with van der Waals surface area (Å²) in [6.45, 7) is 2.73. The average Bonchev–Trinajstić information content (AvgIpc) is 2.44. The van der Waals surface area contributed by atoms with E-state index in [4.69, 9.17) is 28.9 Å². The molecule has 1 atom stereocenters. The lowest BCUT2D eigenvalue weighted by Crippen LogP contribution is -2.19. The van der Waals surface area contributed by atoms with Crippen LogP contribution in [0.4, 0.5) is 0 Å². The Balaban J connectivity index is 2.08. The second kappa shape index (κ2) is 7.12. The van der Waals surface area contributed by atoms with Crippen LogP contribution >= 0.6 is 23.2 Å². The Hall–Kier alpha value is -1.02. The summed E-state index contributed by atoms with van der Waals surface area (Å²) < 4.78 is 0. The van der Waals surface area contributed by atoms with Gasteiger partial charge in [-0.2, -0.15) is 0 Å². The van der Waals surface area contributed by atoms with Gasteiger partial charge in [0.05, 0.1) is 0 Å². The smallest absolute Gasteiger partial charge is 0.0439 e. The molecule has 106 valence electrons. The summed E-state index contributed by atoms with van der Waals surface area (Å²) >= 11 is 12.3. The molecule has 2 rings (SSSR count). The molecule has 0 aromatic heterocycles. The highest BCUT2D eigenvalue weighted by Crippen LogP contribution is 2.24. The van der Waals surface area contributed by atoms with Gasteiger partial charge in [-0.15, -0.1) is 0 Å². The lowest BCUT2D eigenvalue weighted by Gasteiger charge is -2.16. The predicted octanol–water partition coefficient (Wildman–Crippen LogP) is 4.66. The number of hydrogen-bond acceptors (Lipinski definition) is 1. The fourth-order valence-electron chi connectivity index (χ4n) is 2.31. The SMILES string of the molecule is Cc1ccc(CC(CN)Cc2cc(Cl)ccc2Cl)cc1. The maximum absolute atomic E-state index is 6.22. The lowest BCUT2D eigenvalue weighted by atomic mass is 9.92. The van der Waals surface area contributed by atoms with Crippen molar-refractivity contribution in [1.29, 1.82) is 0 Å². The van der Waals surface area contributed by atoms with Crippen molar-refractivity contribution in [2.24, 2.45) is 11.7 Å². The lowest BCUT2D eigenvalue weighted by molar-refractivity contribution is 0.533. The second-order valence-corrected chi connectivity index (χ2v) is 6.07. The highest BCUT2D eigenvalue weighted by atomic mass is 35.5. The number of halogens is 2. The normalized spacial score (nSPS) is 12.4. The van der Waals surface area contributed by atoms with Gasteiger partial charge >= 0.3 is 0 Å². The first kappa shape index (κ1) is 15.4. The molecule has 2 aromatic rings. The van der Waals surface area contributed by atoms with Gasteiger partial charge in [0.2, 0.25) is 0 Å². The molecule has 1 unspecified atom stereocenters. The van der Waals surface area contributed by atoms with Crippen LogP contribution in [0.25, 0.3) is 0 Å². The predicted molar refractivity (Wildman–Crippen MR) is 87.6 cm³/mol. The summed E-state index contributed by atoms with van der Waals surface area (Å²) in [6.07, 6.45) is 1.81. The minimum Gasteiger partial charge on any atom is -0.330 e. The van der Waals surface area contributed by atoms with Gasteiger partial charge in [-0.3, -0.25) is 0 Å². The first-order chi connectivity index (χ1) is 9.58. The molecule has 0 saturated heterocycles. The van der Waals surface area contributed by atoms with Gasteiger partial charge in [-0.05, 0) is 61.6 Å². The minimum absolute atomic E-state index is 0.369. The molecular formula is C17H19Cl2N. The number of benzene rings is 2. The van der Waals surface area contributed by atoms with E-state index in [1.807, 2.05) is 18.2 Å². The zero-order valence-electron chi connectivity index (χ0n) is 11.6. The van der Waals surface area contributed by atoms with Crippen LogP contribution < -0.4 is 5.73 Å². The first-order valence-corrected chi connectivity index (χ1v) is 7.53. The zero-order valence-corrected chi connectivity index (χ0v) is 13.1. The van der Waals surface area contributed by atoms with Crippen molar-refractivity contribution >= 4 is 23.2 Å². The highest BCUT2D eigenvalue weighted by molar-refractivity contribution is 6.33. The molecular weight excluding hydrogens is 289 g/mol. The molecule has 0 radical (unpaired) electrons. The van der Waals surface area contributed by atoms with Crippen molar-refractivity contribution in [2.45, 2.75) is 19.8 Å². The fourth-order valence-corrected chi connectivity index (χ4v) is 2.70. The molecule has 2 aromatic carbocycles. The first-order valence-electron chi connectivity index (χ1n) is 6.78. The van der Waals surface area contributed by atoms with Gasteiger partial charge in [-0.1, -0.05) is 53.0 Å². The van der Waals surface area contributed by atoms with Crippen LogP contribution in [0.15, 0.2) is 42.5 Å². The third-order valence-electron chi connectivity index (χ3n) is 3.49. The number of hydrogen-bond donors (Lipinski definition) is 1. The Morgan fingerprint density at radius 1 is 1.00 bits per heavy atom. The van der Waals surface area contributed by atoms with E-state index in [9.17, 15) is 0 Å². The highest BCUT2D eigenvalue weighted by Gasteiger charge is 2.12. The Morgan fingerprint density at radius 2 is 1.70 bits per heavy atom. The molecule has 0 heterocycles. The Labute approximate surface area is 130 Å². The molecule has 0 aliphatic heterocycles. The average molecular weight is 308 g/mol. The largest absolute Gasteiger partial charge is 0.330 e. The van der Waals surface area contributed by atoms with Crippen molar-refractivity contribution in [3.8, 4) is 0 Å². The quantitative estimate of drug-likeness (QED) is 0.854. The van der Waals surface area contributed by atoms with Crippen LogP contribution in [0.2, 0.25) is 10.0 Å². The van der Waals surface area contributed by atoms with E-state index in [0.717, 1.165) is 28.5 Å². The van der Waals surface area contributed by atoms with Crippen LogP contribution in [0, 0.1) is 12.8 Å². The van der Waals surface area contributed by atoms with Gasteiger partial charge in [0.1, 0.15) is 0 Å². The van der Waals surface area contributed by atoms with Gasteiger partial charge in [0.15, 0.2) is 0 Å². The summed E-state index contributed by atoms with van der Waals surface area (Å²) in [5.41, 5.74) is 9.56. The minimum atomic E-state index is 0.369. The van der Waals surface area contributed by atoms with Crippen LogP contribution in [-0.2, 0) is 12.8 Å². The molecule has 0 amide bonds. The summed E-state index contributed by atoms with van der Waals surface area (Å²) in [6, 6.07) is 14.2. The van der Waals surface area contributed by atoms with Gasteiger partial charge < -0.3 is 5.73 Å². The van der Waals surface area contributed by atoms with Gasteiger partial charge in [0.25, 0.3) is 0 Å². The molecule has 3 heteroatoms. The van der Waals surface area contributed by atoms with E-state index < -0.39 is 0 Å². The van der Waals surface area contributed by atoms with Crippen molar-refractivity contribution in [1.82, 2.24) is 0 Å². The summed E-state index contributed by atoms with van der Waals surface area (Å²) in [5.74, 6) is 0.369. The van der Waals surface area contributed by atoms with Crippen molar-refractivity contribution < 1.29 is 0 Å². The van der Waals surface area contributed by atoms with Crippen molar-refractivity contribution in [2.75, 3.05) is 6.54 Å². The van der Waals surface area contributed by atoms with E-state index in [1.54, 1.807) is 0 Å². The molecule has 0 saturated carbocycles. The van der Waals surface area contributed by atoms with E-state index in [-0.39, 0.29) is 0 Å². The third kappa shape index (κ3) is 4.24. The maximum atomic E-state index is 6.22. The summed E-state index contributed by atoms with van der Waals surface area (Å²) in [5, 5.41) is 1.48. The van der Waals surface area contributed by atoms with Crippen molar-refractivity contribution in [3.05, 3.63) is 69.2 Å². The zero-order chi connectivity index (χ0) is 14.5. The van der Waals surface area contributed by atoms with Crippen molar-refractivity contribution in [3.63, 3.8) is 0 Å². The van der Waals surface area contributed by atoms with E-state index in [1.165, 1.54) is 11.1 Å². The number of nitrogens with two attached hydrogens (primary N) is 1. The third-order valence-corrected chi connectivity index (χ3v) is 4.10. The van der Waals surface area contributed by atoms with Crippen LogP contribution in [-0.4, -0.2) is 6.54 Å². The number of rotatable bonds is 5. The Kier molecular flexibility index (Phi) is 5.47. The molecule has 0 spiro atoms. The van der Waals surface area contributed by atoms with Crippen LogP contribution in [0.3, 0.4) is 0 Å². The van der Waals surface area contributed by atoms with Crippen LogP contribution in [0.5, 0.6) is 0 Å². The van der Waals surface area contributed by atoms with E-state index in [2.05, 4.69) is 31.2 Å². The molecule has 2 N–H and O–H groups in total. The summed E-state index contributed by atoms with van der Waals surface area (Å²) in [7, 11) is 0. The molecule has 0 aliphatic carbocycles. The topological polar surface area (TPSA) is 26.0 Å². The summed E-state index contributed by atoms with van der Waals surface area (Å²) in [4.78, 5) is 0. The van der Waals surface area contributed by atoms with E-state index >= 15 is 0 Å². The molecule has 1 nitrogen and oxygen atoms in total. The molecule has 0 fully saturated rings. The monoisotopic (exact) mass is 307 g/mol. The maximum Gasteiger partial charge on any atom is 0.0439 e. The Bertz CT molecular complexity index is 564. The molecule has 0 bridgehead atoms. The van der Waals surface area contributed by atoms with Crippen LogP contribution in [0.1, 0.15) is 16.7 Å². The molecule has 0 aliphatic rings. The van der Waals surface area contributed by atoms with Gasteiger partial charge in [-0.25, -0.2) is 0 Å². The standard InChI is InChI=1S/C17H19Cl2N/c1-12-2-4-13(5-3-12)8-14(11-20)9-15-10-16(18)6-7-17(15)19/h2-7,10,14H,8-9,11,20H2,1H3. The Morgan fingerprint density at radius 3 is 2.35 bits per heavy atom.